The van der Waals surface area contributed by atoms with Crippen LogP contribution in [0.5, 0.6) is 0 Å². The lowest BCUT2D eigenvalue weighted by molar-refractivity contribution is 0.171. The van der Waals surface area contributed by atoms with Gasteiger partial charge in [-0.25, -0.2) is 0 Å². The Kier molecular flexibility index (Phi) is 6.85. The fourth-order valence-corrected chi connectivity index (χ4v) is 2.52. The number of benzene rings is 1. The summed E-state index contributed by atoms with van der Waals surface area (Å²) in [6.45, 7) is 4.14. The first-order valence-corrected chi connectivity index (χ1v) is 6.87. The molecule has 1 atom stereocenters. The maximum atomic E-state index is 8.90. The predicted molar refractivity (Wildman–Crippen MR) is 79.4 cm³/mol. The Hall–Kier alpha value is -1.09. The minimum atomic E-state index is 0.226. The Balaban J connectivity index is 2.99. The van der Waals surface area contributed by atoms with Crippen LogP contribution in [-0.4, -0.2) is 40.0 Å². The number of nitrogens with zero attached hydrogens (tertiary/aromatic N) is 2. The quantitative estimate of drug-likeness (QED) is 0.773. The van der Waals surface area contributed by atoms with Crippen molar-refractivity contribution in [2.75, 3.05) is 38.9 Å². The fourth-order valence-electron chi connectivity index (χ4n) is 1.91. The number of anilines is 1. The number of hydrogen-bond donors (Lipinski definition) is 0. The second-order valence-corrected chi connectivity index (χ2v) is 5.12. The van der Waals surface area contributed by atoms with Crippen LogP contribution in [0.2, 0.25) is 0 Å². The standard InChI is InChI=1S/C14H19BrN2O2/c1-11(10-19-3)17(6-7-18-2)14-5-4-12(9-16)8-13(14)15/h4-5,8,11H,6-7,10H2,1-3H3. The molecule has 0 N–H and O–H groups in total. The molecule has 5 heteroatoms. The van der Waals surface area contributed by atoms with Gasteiger partial charge in [-0.3, -0.25) is 0 Å². The van der Waals surface area contributed by atoms with Gasteiger partial charge >= 0.3 is 0 Å². The number of halogens is 1. The van der Waals surface area contributed by atoms with Crippen LogP contribution in [0.15, 0.2) is 22.7 Å². The van der Waals surface area contributed by atoms with E-state index in [2.05, 4.69) is 33.8 Å². The van der Waals surface area contributed by atoms with Crippen LogP contribution in [0.3, 0.4) is 0 Å². The predicted octanol–water partition coefficient (Wildman–Crippen LogP) is 2.81. The molecular formula is C14H19BrN2O2. The van der Waals surface area contributed by atoms with E-state index in [1.807, 2.05) is 18.2 Å². The van der Waals surface area contributed by atoms with Crippen molar-refractivity contribution in [3.63, 3.8) is 0 Å². The molecule has 0 bridgehead atoms. The summed E-state index contributed by atoms with van der Waals surface area (Å²) in [6, 6.07) is 7.96. The van der Waals surface area contributed by atoms with Gasteiger partial charge < -0.3 is 14.4 Å². The zero-order valence-corrected chi connectivity index (χ0v) is 13.1. The van der Waals surface area contributed by atoms with Crippen molar-refractivity contribution >= 4 is 21.6 Å². The highest BCUT2D eigenvalue weighted by Gasteiger charge is 2.17. The number of nitriles is 1. The maximum Gasteiger partial charge on any atom is 0.0992 e. The lowest BCUT2D eigenvalue weighted by Crippen LogP contribution is -2.38. The Labute approximate surface area is 123 Å². The molecule has 1 unspecified atom stereocenters. The normalized spacial score (nSPS) is 11.9. The Morgan fingerprint density at radius 2 is 2.11 bits per heavy atom. The minimum absolute atomic E-state index is 0.226. The SMILES string of the molecule is COCCN(c1ccc(C#N)cc1Br)C(C)COC. The third kappa shape index (κ3) is 4.50. The summed E-state index contributed by atoms with van der Waals surface area (Å²) in [4.78, 5) is 2.21. The summed E-state index contributed by atoms with van der Waals surface area (Å²) in [5.41, 5.74) is 1.68. The average Bonchev–Trinajstić information content (AvgIpc) is 2.40. The average molecular weight is 327 g/mol. The molecule has 104 valence electrons. The molecule has 1 rings (SSSR count). The molecule has 0 aliphatic rings. The van der Waals surface area contributed by atoms with Crippen molar-refractivity contribution in [1.29, 1.82) is 5.26 Å². The molecule has 0 heterocycles. The van der Waals surface area contributed by atoms with Crippen molar-refractivity contribution < 1.29 is 9.47 Å². The summed E-state index contributed by atoms with van der Waals surface area (Å²) in [5.74, 6) is 0. The Morgan fingerprint density at radius 1 is 1.37 bits per heavy atom. The van der Waals surface area contributed by atoms with E-state index in [4.69, 9.17) is 14.7 Å². The molecule has 0 saturated carbocycles. The molecule has 1 aromatic carbocycles. The van der Waals surface area contributed by atoms with E-state index in [9.17, 15) is 0 Å². The van der Waals surface area contributed by atoms with Gasteiger partial charge in [0.05, 0.1) is 30.5 Å². The highest BCUT2D eigenvalue weighted by molar-refractivity contribution is 9.10. The van der Waals surface area contributed by atoms with Crippen LogP contribution in [0.25, 0.3) is 0 Å². The Bertz CT molecular complexity index is 446. The lowest BCUT2D eigenvalue weighted by Gasteiger charge is -2.31. The molecule has 1 aromatic rings. The van der Waals surface area contributed by atoms with Gasteiger partial charge in [-0.1, -0.05) is 0 Å². The monoisotopic (exact) mass is 326 g/mol. The van der Waals surface area contributed by atoms with Gasteiger partial charge in [0.25, 0.3) is 0 Å². The van der Waals surface area contributed by atoms with Gasteiger partial charge in [0.1, 0.15) is 0 Å². The number of ether oxygens (including phenoxy) is 2. The third-order valence-corrected chi connectivity index (χ3v) is 3.50. The number of hydrogen-bond acceptors (Lipinski definition) is 4. The smallest absolute Gasteiger partial charge is 0.0992 e. The molecule has 19 heavy (non-hydrogen) atoms. The summed E-state index contributed by atoms with van der Waals surface area (Å²) in [5, 5.41) is 8.90. The summed E-state index contributed by atoms with van der Waals surface area (Å²) in [6.07, 6.45) is 0. The lowest BCUT2D eigenvalue weighted by atomic mass is 10.2. The first-order chi connectivity index (χ1) is 9.13. The minimum Gasteiger partial charge on any atom is -0.383 e. The molecular weight excluding hydrogens is 308 g/mol. The van der Waals surface area contributed by atoms with Crippen LogP contribution < -0.4 is 4.90 Å². The van der Waals surface area contributed by atoms with Crippen LogP contribution in [-0.2, 0) is 9.47 Å². The molecule has 0 spiro atoms. The van der Waals surface area contributed by atoms with E-state index in [-0.39, 0.29) is 6.04 Å². The fraction of sp³-hybridized carbons (Fsp3) is 0.500. The van der Waals surface area contributed by atoms with Crippen molar-refractivity contribution in [1.82, 2.24) is 0 Å². The highest BCUT2D eigenvalue weighted by atomic mass is 79.9. The van der Waals surface area contributed by atoms with Crippen molar-refractivity contribution in [2.45, 2.75) is 13.0 Å². The van der Waals surface area contributed by atoms with Crippen LogP contribution >= 0.6 is 15.9 Å². The molecule has 0 amide bonds. The van der Waals surface area contributed by atoms with E-state index < -0.39 is 0 Å². The first kappa shape index (κ1) is 16.0. The van der Waals surface area contributed by atoms with E-state index in [1.54, 1.807) is 14.2 Å². The Morgan fingerprint density at radius 3 is 2.63 bits per heavy atom. The third-order valence-electron chi connectivity index (χ3n) is 2.86. The number of rotatable bonds is 7. The molecule has 0 aliphatic carbocycles. The molecule has 0 radical (unpaired) electrons. The van der Waals surface area contributed by atoms with Gasteiger partial charge in [0.2, 0.25) is 0 Å². The summed E-state index contributed by atoms with van der Waals surface area (Å²) >= 11 is 3.53. The van der Waals surface area contributed by atoms with Crippen LogP contribution in [0.4, 0.5) is 5.69 Å². The van der Waals surface area contributed by atoms with E-state index in [1.165, 1.54) is 0 Å². The van der Waals surface area contributed by atoms with Gasteiger partial charge in [-0.2, -0.15) is 5.26 Å². The van der Waals surface area contributed by atoms with Crippen LogP contribution in [0.1, 0.15) is 12.5 Å². The van der Waals surface area contributed by atoms with Gasteiger partial charge in [0, 0.05) is 31.3 Å². The molecule has 0 saturated heterocycles. The van der Waals surface area contributed by atoms with Gasteiger partial charge in [-0.05, 0) is 41.1 Å². The highest BCUT2D eigenvalue weighted by Crippen LogP contribution is 2.28. The zero-order chi connectivity index (χ0) is 14.3. The van der Waals surface area contributed by atoms with E-state index >= 15 is 0 Å². The second-order valence-electron chi connectivity index (χ2n) is 4.27. The van der Waals surface area contributed by atoms with Gasteiger partial charge in [-0.15, -0.1) is 0 Å². The van der Waals surface area contributed by atoms with Crippen LogP contribution in [0, 0.1) is 11.3 Å². The molecule has 0 aromatic heterocycles. The summed E-state index contributed by atoms with van der Waals surface area (Å²) < 4.78 is 11.3. The molecule has 0 fully saturated rings. The van der Waals surface area contributed by atoms with Crippen molar-refractivity contribution in [2.24, 2.45) is 0 Å². The molecule has 0 aliphatic heterocycles. The molecule has 4 nitrogen and oxygen atoms in total. The first-order valence-electron chi connectivity index (χ1n) is 6.08. The second kappa shape index (κ2) is 8.16. The summed E-state index contributed by atoms with van der Waals surface area (Å²) in [7, 11) is 3.38. The largest absolute Gasteiger partial charge is 0.383 e. The topological polar surface area (TPSA) is 45.5 Å². The zero-order valence-electron chi connectivity index (χ0n) is 11.5. The van der Waals surface area contributed by atoms with E-state index in [0.717, 1.165) is 16.7 Å². The number of methoxy groups -OCH3 is 2. The van der Waals surface area contributed by atoms with E-state index in [0.29, 0.717) is 18.8 Å². The van der Waals surface area contributed by atoms with Gasteiger partial charge in [0.15, 0.2) is 0 Å². The van der Waals surface area contributed by atoms with Crippen molar-refractivity contribution in [3.05, 3.63) is 28.2 Å². The maximum absolute atomic E-state index is 8.90. The van der Waals surface area contributed by atoms with Crippen molar-refractivity contribution in [3.8, 4) is 6.07 Å².